The fourth-order valence-electron chi connectivity index (χ4n) is 1.26. The summed E-state index contributed by atoms with van der Waals surface area (Å²) in [5, 5.41) is 0. The maximum atomic E-state index is 11.9. The molecule has 0 unspecified atom stereocenters. The fourth-order valence-corrected chi connectivity index (χ4v) is 1.26. The molecule has 0 bridgehead atoms. The molecular formula is C11H13F2N3O2. The Hall–Kier alpha value is -2.31. The molecule has 1 aromatic carbocycles. The highest BCUT2D eigenvalue weighted by Gasteiger charge is 2.05. The molecule has 0 saturated carbocycles. The minimum Gasteiger partial charge on any atom is -0.435 e. The molecule has 0 radical (unpaired) electrons. The predicted octanol–water partition coefficient (Wildman–Crippen LogP) is 1.82. The second-order valence-electron chi connectivity index (χ2n) is 3.22. The number of rotatable bonds is 5. The van der Waals surface area contributed by atoms with E-state index in [2.05, 4.69) is 15.6 Å². The number of allylic oxidation sites excluding steroid dienone is 1. The maximum absolute atomic E-state index is 11.9. The smallest absolute Gasteiger partial charge is 0.387 e. The Morgan fingerprint density at radius 2 is 1.94 bits per heavy atom. The van der Waals surface area contributed by atoms with E-state index in [-0.39, 0.29) is 5.75 Å². The Bertz CT molecular complexity index is 432. The van der Waals surface area contributed by atoms with E-state index in [1.54, 1.807) is 25.1 Å². The molecule has 0 aliphatic heterocycles. The van der Waals surface area contributed by atoms with Gasteiger partial charge in [-0.1, -0.05) is 6.08 Å². The van der Waals surface area contributed by atoms with Crippen LogP contribution in [0.5, 0.6) is 5.75 Å². The first-order chi connectivity index (χ1) is 8.52. The van der Waals surface area contributed by atoms with Crippen LogP contribution in [0.1, 0.15) is 12.5 Å². The summed E-state index contributed by atoms with van der Waals surface area (Å²) in [5.41, 5.74) is 11.0. The minimum absolute atomic E-state index is 0.0621. The van der Waals surface area contributed by atoms with Crippen molar-refractivity contribution in [3.8, 4) is 5.75 Å². The Morgan fingerprint density at radius 1 is 1.33 bits per heavy atom. The van der Waals surface area contributed by atoms with E-state index in [0.29, 0.717) is 11.3 Å². The van der Waals surface area contributed by atoms with E-state index >= 15 is 0 Å². The summed E-state index contributed by atoms with van der Waals surface area (Å²) in [6.45, 7) is -1.11. The fraction of sp³-hybridized carbons (Fsp3) is 0.182. The highest BCUT2D eigenvalue weighted by atomic mass is 19.3. The number of primary amides is 1. The Morgan fingerprint density at radius 3 is 2.39 bits per heavy atom. The number of nitrogens with two attached hydrogens (primary N) is 1. The van der Waals surface area contributed by atoms with Crippen molar-refractivity contribution >= 4 is 11.7 Å². The van der Waals surface area contributed by atoms with Crippen molar-refractivity contribution in [2.24, 2.45) is 5.73 Å². The number of hydrazine groups is 1. The largest absolute Gasteiger partial charge is 0.435 e. The van der Waals surface area contributed by atoms with Crippen molar-refractivity contribution in [3.05, 3.63) is 35.9 Å². The predicted molar refractivity (Wildman–Crippen MR) is 62.6 cm³/mol. The third-order valence-electron chi connectivity index (χ3n) is 2.00. The van der Waals surface area contributed by atoms with Crippen LogP contribution in [0.4, 0.5) is 13.6 Å². The van der Waals surface area contributed by atoms with Gasteiger partial charge in [0, 0.05) is 0 Å². The molecule has 2 amide bonds. The first kappa shape index (κ1) is 13.8. The number of halogens is 2. The van der Waals surface area contributed by atoms with Gasteiger partial charge in [0.05, 0.1) is 5.70 Å². The zero-order valence-corrected chi connectivity index (χ0v) is 9.61. The summed E-state index contributed by atoms with van der Waals surface area (Å²) < 4.78 is 28.1. The molecule has 0 heterocycles. The number of alkyl halides is 2. The van der Waals surface area contributed by atoms with Gasteiger partial charge in [0.1, 0.15) is 5.75 Å². The van der Waals surface area contributed by atoms with E-state index in [1.165, 1.54) is 12.1 Å². The van der Waals surface area contributed by atoms with Crippen molar-refractivity contribution in [2.45, 2.75) is 13.5 Å². The first-order valence-electron chi connectivity index (χ1n) is 5.06. The van der Waals surface area contributed by atoms with Crippen LogP contribution in [0.2, 0.25) is 0 Å². The minimum atomic E-state index is -2.85. The van der Waals surface area contributed by atoms with Gasteiger partial charge in [-0.2, -0.15) is 8.78 Å². The molecule has 5 nitrogen and oxygen atoms in total. The zero-order valence-electron chi connectivity index (χ0n) is 9.61. The van der Waals surface area contributed by atoms with Gasteiger partial charge >= 0.3 is 12.6 Å². The molecule has 0 aromatic heterocycles. The lowest BCUT2D eigenvalue weighted by Crippen LogP contribution is -2.39. The van der Waals surface area contributed by atoms with Gasteiger partial charge in [0.2, 0.25) is 0 Å². The summed E-state index contributed by atoms with van der Waals surface area (Å²) in [6.07, 6.45) is 1.69. The Labute approximate surface area is 103 Å². The van der Waals surface area contributed by atoms with Crippen LogP contribution in [0, 0.1) is 0 Å². The molecule has 0 spiro atoms. The van der Waals surface area contributed by atoms with Crippen molar-refractivity contribution in [1.82, 2.24) is 10.9 Å². The van der Waals surface area contributed by atoms with Gasteiger partial charge in [-0.05, 0) is 36.8 Å². The lowest BCUT2D eigenvalue weighted by molar-refractivity contribution is -0.0498. The number of carbonyl (C=O) groups is 1. The van der Waals surface area contributed by atoms with Crippen molar-refractivity contribution in [2.75, 3.05) is 0 Å². The van der Waals surface area contributed by atoms with Crippen LogP contribution in [0.3, 0.4) is 0 Å². The number of hydrogen-bond donors (Lipinski definition) is 3. The third-order valence-corrected chi connectivity index (χ3v) is 2.00. The number of nitrogens with one attached hydrogen (secondary N) is 2. The molecule has 0 atom stereocenters. The van der Waals surface area contributed by atoms with Crippen LogP contribution in [-0.4, -0.2) is 12.6 Å². The van der Waals surface area contributed by atoms with Crippen molar-refractivity contribution in [1.29, 1.82) is 0 Å². The number of urea groups is 1. The van der Waals surface area contributed by atoms with Gasteiger partial charge in [0.25, 0.3) is 0 Å². The average molecular weight is 257 g/mol. The van der Waals surface area contributed by atoms with Crippen LogP contribution < -0.4 is 21.3 Å². The maximum Gasteiger partial charge on any atom is 0.387 e. The second-order valence-corrected chi connectivity index (χ2v) is 3.22. The number of ether oxygens (including phenoxy) is 1. The van der Waals surface area contributed by atoms with Gasteiger partial charge in [0.15, 0.2) is 0 Å². The Balaban J connectivity index is 2.73. The zero-order chi connectivity index (χ0) is 13.5. The quantitative estimate of drug-likeness (QED) is 0.704. The molecular weight excluding hydrogens is 244 g/mol. The highest BCUT2D eigenvalue weighted by Crippen LogP contribution is 2.18. The molecule has 4 N–H and O–H groups in total. The van der Waals surface area contributed by atoms with Gasteiger partial charge < -0.3 is 10.5 Å². The SMILES string of the molecule is C/C=C(/NNC(N)=O)c1ccc(OC(F)F)cc1. The molecule has 0 aliphatic carbocycles. The van der Waals surface area contributed by atoms with E-state index in [1.807, 2.05) is 0 Å². The average Bonchev–Trinajstić information content (AvgIpc) is 2.31. The molecule has 1 rings (SSSR count). The van der Waals surface area contributed by atoms with Gasteiger partial charge in [-0.15, -0.1) is 0 Å². The number of carbonyl (C=O) groups excluding carboxylic acids is 1. The Kier molecular flexibility index (Phi) is 4.91. The summed E-state index contributed by atoms with van der Waals surface area (Å²) >= 11 is 0. The van der Waals surface area contributed by atoms with E-state index in [9.17, 15) is 13.6 Å². The summed E-state index contributed by atoms with van der Waals surface area (Å²) in [6, 6.07) is 5.21. The van der Waals surface area contributed by atoms with Gasteiger partial charge in [-0.25, -0.2) is 4.79 Å². The summed E-state index contributed by atoms with van der Waals surface area (Å²) in [5.74, 6) is 0.0621. The van der Waals surface area contributed by atoms with E-state index < -0.39 is 12.6 Å². The van der Waals surface area contributed by atoms with Crippen molar-refractivity contribution in [3.63, 3.8) is 0 Å². The summed E-state index contributed by atoms with van der Waals surface area (Å²) in [4.78, 5) is 10.5. The van der Waals surface area contributed by atoms with Gasteiger partial charge in [-0.3, -0.25) is 10.9 Å². The second kappa shape index (κ2) is 6.43. The van der Waals surface area contributed by atoms with Crippen molar-refractivity contribution < 1.29 is 18.3 Å². The molecule has 0 saturated heterocycles. The number of hydrogen-bond acceptors (Lipinski definition) is 3. The van der Waals surface area contributed by atoms with Crippen LogP contribution in [0.25, 0.3) is 5.70 Å². The molecule has 0 aliphatic rings. The number of benzene rings is 1. The highest BCUT2D eigenvalue weighted by molar-refractivity contribution is 5.73. The lowest BCUT2D eigenvalue weighted by atomic mass is 10.1. The topological polar surface area (TPSA) is 76.4 Å². The first-order valence-corrected chi connectivity index (χ1v) is 5.06. The molecule has 7 heteroatoms. The van der Waals surface area contributed by atoms with Crippen LogP contribution >= 0.6 is 0 Å². The normalized spacial score (nSPS) is 11.2. The molecule has 0 fully saturated rings. The van der Waals surface area contributed by atoms with E-state index in [0.717, 1.165) is 0 Å². The third kappa shape index (κ3) is 4.28. The van der Waals surface area contributed by atoms with Crippen LogP contribution in [-0.2, 0) is 0 Å². The summed E-state index contributed by atoms with van der Waals surface area (Å²) in [7, 11) is 0. The van der Waals surface area contributed by atoms with E-state index in [4.69, 9.17) is 5.73 Å². The standard InChI is InChI=1S/C11H13F2N3O2/c1-2-9(15-16-11(14)17)7-3-5-8(6-4-7)18-10(12)13/h2-6,10,15H,1H3,(H3,14,16,17)/b9-2+. The molecule has 98 valence electrons. The molecule has 1 aromatic rings. The monoisotopic (exact) mass is 257 g/mol. The van der Waals surface area contributed by atoms with Crippen LogP contribution in [0.15, 0.2) is 30.3 Å². The molecule has 18 heavy (non-hydrogen) atoms. The number of amides is 2. The lowest BCUT2D eigenvalue weighted by Gasteiger charge is -2.11.